The van der Waals surface area contributed by atoms with E-state index in [0.717, 1.165) is 11.7 Å². The molecule has 0 saturated carbocycles. The third-order valence-corrected chi connectivity index (χ3v) is 1.33. The summed E-state index contributed by atoms with van der Waals surface area (Å²) in [4.78, 5) is 3.85. The number of rotatable bonds is 2. The molecule has 5 heteroatoms. The van der Waals surface area contributed by atoms with E-state index >= 15 is 0 Å². The van der Waals surface area contributed by atoms with E-state index in [4.69, 9.17) is 5.73 Å². The number of aromatic nitrogens is 2. The van der Waals surface area contributed by atoms with E-state index in [1.54, 1.807) is 6.08 Å². The third-order valence-electron chi connectivity index (χ3n) is 0.798. The summed E-state index contributed by atoms with van der Waals surface area (Å²) >= 11 is 1.04. The highest BCUT2D eigenvalue weighted by molar-refractivity contribution is 6.99. The van der Waals surface area contributed by atoms with Crippen molar-refractivity contribution >= 4 is 29.6 Å². The normalized spacial score (nSPS) is 10.4. The van der Waals surface area contributed by atoms with Crippen LogP contribution in [0, 0.1) is 0 Å². The quantitative estimate of drug-likeness (QED) is 0.646. The monoisotopic (exact) mass is 154 g/mol. The maximum absolute atomic E-state index is 5.37. The van der Waals surface area contributed by atoms with Crippen molar-refractivity contribution in [1.82, 2.24) is 8.75 Å². The second kappa shape index (κ2) is 3.07. The van der Waals surface area contributed by atoms with Crippen LogP contribution < -0.4 is 5.73 Å². The molecule has 1 aromatic rings. The predicted molar refractivity (Wildman–Crippen MR) is 42.7 cm³/mol. The molecule has 0 saturated heterocycles. The van der Waals surface area contributed by atoms with Gasteiger partial charge < -0.3 is 5.73 Å². The van der Waals surface area contributed by atoms with Crippen LogP contribution in [0.5, 0.6) is 0 Å². The van der Waals surface area contributed by atoms with Gasteiger partial charge in [-0.3, -0.25) is 0 Å². The van der Waals surface area contributed by atoms with Gasteiger partial charge in [-0.25, -0.2) is 4.99 Å². The molecule has 0 aliphatic carbocycles. The molecule has 0 unspecified atom stereocenters. The molecule has 1 rings (SSSR count). The molecule has 2 N–H and O–H groups in total. The van der Waals surface area contributed by atoms with Crippen molar-refractivity contribution < 1.29 is 0 Å². The molecule has 0 fully saturated rings. The maximum atomic E-state index is 5.37. The van der Waals surface area contributed by atoms with E-state index < -0.39 is 0 Å². The van der Waals surface area contributed by atoms with E-state index in [1.165, 1.54) is 6.21 Å². The Hall–Kier alpha value is -1.23. The number of anilines is 1. The topological polar surface area (TPSA) is 64.2 Å². The molecular weight excluding hydrogens is 148 g/mol. The van der Waals surface area contributed by atoms with E-state index in [1.807, 2.05) is 0 Å². The van der Waals surface area contributed by atoms with E-state index in [0.29, 0.717) is 11.6 Å². The first-order valence-corrected chi connectivity index (χ1v) is 3.30. The van der Waals surface area contributed by atoms with Gasteiger partial charge >= 0.3 is 0 Å². The highest BCUT2D eigenvalue weighted by atomic mass is 32.1. The lowest BCUT2D eigenvalue weighted by atomic mass is 10.6. The van der Waals surface area contributed by atoms with Crippen LogP contribution in [0.15, 0.2) is 17.6 Å². The molecule has 1 heterocycles. The maximum Gasteiger partial charge on any atom is 0.209 e. The molecule has 0 radical (unpaired) electrons. The molecule has 0 aliphatic heterocycles. The second-order valence-electron chi connectivity index (χ2n) is 1.49. The van der Waals surface area contributed by atoms with Crippen molar-refractivity contribution in [2.24, 2.45) is 4.99 Å². The number of allylic oxidation sites excluding steroid dienone is 1. The van der Waals surface area contributed by atoms with Crippen LogP contribution in [0.1, 0.15) is 0 Å². The fraction of sp³-hybridized carbons (Fsp3) is 0. The van der Waals surface area contributed by atoms with Crippen LogP contribution in [0.4, 0.5) is 11.6 Å². The Morgan fingerprint density at radius 2 is 2.40 bits per heavy atom. The lowest BCUT2D eigenvalue weighted by molar-refractivity contribution is 1.42. The SMILES string of the molecule is C=CC=Nc1nsnc1N. The molecule has 0 aromatic carbocycles. The van der Waals surface area contributed by atoms with Gasteiger partial charge in [0.1, 0.15) is 0 Å². The summed E-state index contributed by atoms with van der Waals surface area (Å²) in [5.41, 5.74) is 5.37. The third kappa shape index (κ3) is 1.38. The Kier molecular flexibility index (Phi) is 2.11. The number of aliphatic imine (C=N–C) groups is 1. The van der Waals surface area contributed by atoms with Crippen molar-refractivity contribution in [3.05, 3.63) is 12.7 Å². The van der Waals surface area contributed by atoms with Gasteiger partial charge in [-0.15, -0.1) is 0 Å². The summed E-state index contributed by atoms with van der Waals surface area (Å²) < 4.78 is 7.54. The molecule has 4 nitrogen and oxygen atoms in total. The number of nitrogens with zero attached hydrogens (tertiary/aromatic N) is 3. The first kappa shape index (κ1) is 6.88. The van der Waals surface area contributed by atoms with E-state index in [2.05, 4.69) is 20.3 Å². The molecule has 0 spiro atoms. The van der Waals surface area contributed by atoms with Crippen molar-refractivity contribution in [1.29, 1.82) is 0 Å². The summed E-state index contributed by atoms with van der Waals surface area (Å²) in [6.45, 7) is 3.45. The van der Waals surface area contributed by atoms with Crippen molar-refractivity contribution in [3.63, 3.8) is 0 Å². The highest BCUT2D eigenvalue weighted by Gasteiger charge is 1.97. The van der Waals surface area contributed by atoms with Gasteiger partial charge in [-0.05, 0) is 0 Å². The lowest BCUT2D eigenvalue weighted by Crippen LogP contribution is -1.82. The standard InChI is InChI=1S/C5H6N4S/c1-2-3-7-5-4(6)8-10-9-5/h2-3H,1H2,(H2,6,8). The van der Waals surface area contributed by atoms with Crippen molar-refractivity contribution in [2.45, 2.75) is 0 Å². The minimum absolute atomic E-state index is 0.364. The lowest BCUT2D eigenvalue weighted by Gasteiger charge is -1.81. The fourth-order valence-electron chi connectivity index (χ4n) is 0.404. The zero-order valence-corrected chi connectivity index (χ0v) is 6.01. The Morgan fingerprint density at radius 3 is 2.90 bits per heavy atom. The summed E-state index contributed by atoms with van der Waals surface area (Å²) in [7, 11) is 0. The molecule has 52 valence electrons. The van der Waals surface area contributed by atoms with Gasteiger partial charge in [0.25, 0.3) is 0 Å². The Bertz CT molecular complexity index is 252. The number of nitrogen functional groups attached to an aromatic ring is 1. The van der Waals surface area contributed by atoms with Gasteiger partial charge in [0.2, 0.25) is 5.82 Å². The van der Waals surface area contributed by atoms with Crippen LogP contribution >= 0.6 is 11.7 Å². The average molecular weight is 154 g/mol. The summed E-state index contributed by atoms with van der Waals surface area (Å²) in [6, 6.07) is 0. The van der Waals surface area contributed by atoms with Gasteiger partial charge in [0.15, 0.2) is 5.82 Å². The zero-order chi connectivity index (χ0) is 7.40. The molecule has 0 bridgehead atoms. The van der Waals surface area contributed by atoms with Crippen LogP contribution in [-0.2, 0) is 0 Å². The Labute approximate surface area is 62.4 Å². The minimum atomic E-state index is 0.364. The van der Waals surface area contributed by atoms with E-state index in [9.17, 15) is 0 Å². The van der Waals surface area contributed by atoms with Gasteiger partial charge in [-0.1, -0.05) is 12.7 Å². The van der Waals surface area contributed by atoms with Crippen LogP contribution in [0.25, 0.3) is 0 Å². The van der Waals surface area contributed by atoms with Gasteiger partial charge in [0, 0.05) is 6.21 Å². The average Bonchev–Trinajstić information content (AvgIpc) is 2.31. The van der Waals surface area contributed by atoms with E-state index in [-0.39, 0.29) is 0 Å². The highest BCUT2D eigenvalue weighted by Crippen LogP contribution is 2.16. The molecule has 0 atom stereocenters. The summed E-state index contributed by atoms with van der Waals surface area (Å²) in [6.07, 6.45) is 3.08. The molecule has 1 aromatic heterocycles. The van der Waals surface area contributed by atoms with Crippen molar-refractivity contribution in [2.75, 3.05) is 5.73 Å². The Balaban J connectivity index is 2.83. The van der Waals surface area contributed by atoms with Crippen LogP contribution in [-0.4, -0.2) is 15.0 Å². The molecular formula is C5H6N4S. The van der Waals surface area contributed by atoms with Gasteiger partial charge in [-0.2, -0.15) is 8.75 Å². The molecule has 10 heavy (non-hydrogen) atoms. The first-order valence-electron chi connectivity index (χ1n) is 2.57. The zero-order valence-electron chi connectivity index (χ0n) is 5.19. The largest absolute Gasteiger partial charge is 0.380 e. The number of nitrogens with two attached hydrogens (primary N) is 1. The Morgan fingerprint density at radius 1 is 1.60 bits per heavy atom. The first-order chi connectivity index (χ1) is 4.84. The fourth-order valence-corrected chi connectivity index (χ4v) is 0.832. The number of hydrogen-bond donors (Lipinski definition) is 1. The summed E-state index contributed by atoms with van der Waals surface area (Å²) in [5.74, 6) is 0.827. The molecule has 0 amide bonds. The van der Waals surface area contributed by atoms with Crippen LogP contribution in [0.3, 0.4) is 0 Å². The second-order valence-corrected chi connectivity index (χ2v) is 2.02. The predicted octanol–water partition coefficient (Wildman–Crippen LogP) is 1.01. The molecule has 0 aliphatic rings. The minimum Gasteiger partial charge on any atom is -0.380 e. The van der Waals surface area contributed by atoms with Gasteiger partial charge in [0.05, 0.1) is 11.7 Å². The number of hydrogen-bond acceptors (Lipinski definition) is 5. The van der Waals surface area contributed by atoms with Crippen LogP contribution in [0.2, 0.25) is 0 Å². The van der Waals surface area contributed by atoms with Crippen molar-refractivity contribution in [3.8, 4) is 0 Å². The smallest absolute Gasteiger partial charge is 0.209 e. The summed E-state index contributed by atoms with van der Waals surface area (Å²) in [5, 5.41) is 0.